The molecule has 8 nitrogen and oxygen atoms in total. The number of nitrogens with one attached hydrogen (secondary N) is 2. The van der Waals surface area contributed by atoms with E-state index >= 15 is 0 Å². The number of ether oxygens (including phenoxy) is 2. The van der Waals surface area contributed by atoms with E-state index in [9.17, 15) is 18.0 Å². The number of anilines is 3. The van der Waals surface area contributed by atoms with Gasteiger partial charge in [0, 0.05) is 45.2 Å². The zero-order valence-electron chi connectivity index (χ0n) is 18.1. The lowest BCUT2D eigenvalue weighted by atomic mass is 9.89. The maximum absolute atomic E-state index is 13.3. The second kappa shape index (κ2) is 8.45. The molecule has 1 amide bonds. The predicted molar refractivity (Wildman–Crippen MR) is 111 cm³/mol. The first kappa shape index (κ1) is 22.1. The first-order valence-corrected chi connectivity index (χ1v) is 10.2. The Kier molecular flexibility index (Phi) is 5.85. The molecule has 2 atom stereocenters. The molecule has 1 aliphatic carbocycles. The van der Waals surface area contributed by atoms with Gasteiger partial charge in [0.2, 0.25) is 11.9 Å². The van der Waals surface area contributed by atoms with E-state index in [0.717, 1.165) is 12.1 Å². The van der Waals surface area contributed by atoms with Crippen molar-refractivity contribution >= 4 is 23.4 Å². The van der Waals surface area contributed by atoms with Crippen molar-refractivity contribution in [3.8, 4) is 5.75 Å². The van der Waals surface area contributed by atoms with Gasteiger partial charge in [-0.25, -0.2) is 18.2 Å². The number of hydrogen-bond donors (Lipinski definition) is 2. The van der Waals surface area contributed by atoms with Gasteiger partial charge in [0.1, 0.15) is 23.6 Å². The van der Waals surface area contributed by atoms with E-state index in [1.807, 2.05) is 6.92 Å². The Bertz CT molecular complexity index is 1020. The van der Waals surface area contributed by atoms with Crippen LogP contribution >= 0.6 is 0 Å². The van der Waals surface area contributed by atoms with Gasteiger partial charge in [-0.3, -0.25) is 4.79 Å². The van der Waals surface area contributed by atoms with Crippen molar-refractivity contribution in [2.45, 2.75) is 51.0 Å². The molecule has 2 aliphatic rings. The number of nitrogens with zero attached hydrogens (tertiary/aromatic N) is 3. The molecule has 0 radical (unpaired) electrons. The monoisotopic (exact) mass is 451 g/mol. The second-order valence-electron chi connectivity index (χ2n) is 8.07. The third kappa shape index (κ3) is 4.04. The van der Waals surface area contributed by atoms with E-state index < -0.39 is 23.5 Å². The molecule has 172 valence electrons. The maximum Gasteiger partial charge on any atom is 0.249 e. The molecule has 2 N–H and O–H groups in total. The van der Waals surface area contributed by atoms with Gasteiger partial charge in [-0.05, 0) is 13.8 Å². The van der Waals surface area contributed by atoms with E-state index in [2.05, 4.69) is 20.6 Å². The summed E-state index contributed by atoms with van der Waals surface area (Å²) in [6, 6.07) is 1.12. The zero-order chi connectivity index (χ0) is 23.2. The summed E-state index contributed by atoms with van der Waals surface area (Å²) >= 11 is 0. The Morgan fingerprint density at radius 3 is 2.50 bits per heavy atom. The van der Waals surface area contributed by atoms with Crippen LogP contribution in [0.1, 0.15) is 25.5 Å². The molecule has 1 aliphatic heterocycles. The molecule has 11 heteroatoms. The number of amides is 1. The Hall–Kier alpha value is -3.08. The number of fused-ring (bicyclic) bond motifs is 1. The number of likely N-dealkylation sites (N-methyl/N-ethyl adjacent to an activating group) is 1. The average molecular weight is 451 g/mol. The quantitative estimate of drug-likeness (QED) is 0.653. The minimum Gasteiger partial charge on any atom is -0.490 e. The molecule has 0 bridgehead atoms. The lowest BCUT2D eigenvalue weighted by Gasteiger charge is -2.38. The Balaban J connectivity index is 1.42. The lowest BCUT2D eigenvalue weighted by molar-refractivity contribution is -0.120. The van der Waals surface area contributed by atoms with Crippen molar-refractivity contribution in [1.82, 2.24) is 9.97 Å². The topological polar surface area (TPSA) is 88.6 Å². The molecule has 1 aromatic carbocycles. The third-order valence-electron chi connectivity index (χ3n) is 5.84. The van der Waals surface area contributed by atoms with Crippen LogP contribution in [-0.2, 0) is 9.53 Å². The highest BCUT2D eigenvalue weighted by atomic mass is 19.2. The van der Waals surface area contributed by atoms with E-state index in [-0.39, 0.29) is 29.9 Å². The van der Waals surface area contributed by atoms with Crippen LogP contribution in [0.5, 0.6) is 5.75 Å². The number of rotatable bonds is 6. The summed E-state index contributed by atoms with van der Waals surface area (Å²) in [5.74, 6) is -3.36. The first-order chi connectivity index (χ1) is 15.2. The number of aromatic nitrogens is 2. The third-order valence-corrected chi connectivity index (χ3v) is 5.84. The van der Waals surface area contributed by atoms with E-state index in [1.54, 1.807) is 26.0 Å². The van der Waals surface area contributed by atoms with Crippen molar-refractivity contribution in [3.05, 3.63) is 35.3 Å². The van der Waals surface area contributed by atoms with Gasteiger partial charge in [-0.15, -0.1) is 0 Å². The van der Waals surface area contributed by atoms with Gasteiger partial charge >= 0.3 is 0 Å². The summed E-state index contributed by atoms with van der Waals surface area (Å²) in [5.41, 5.74) is 1.17. The Morgan fingerprint density at radius 2 is 1.88 bits per heavy atom. The van der Waals surface area contributed by atoms with Crippen molar-refractivity contribution in [2.75, 3.05) is 29.7 Å². The van der Waals surface area contributed by atoms with Crippen LogP contribution in [0.15, 0.2) is 12.1 Å². The van der Waals surface area contributed by atoms with Crippen molar-refractivity contribution < 1.29 is 27.4 Å². The molecule has 0 spiro atoms. The first-order valence-electron chi connectivity index (χ1n) is 10.2. The van der Waals surface area contributed by atoms with Gasteiger partial charge < -0.3 is 25.0 Å². The second-order valence-corrected chi connectivity index (χ2v) is 8.07. The molecule has 4 rings (SSSR count). The van der Waals surface area contributed by atoms with Gasteiger partial charge in [0.05, 0.1) is 11.8 Å². The number of methoxy groups -OCH3 is 1. The normalized spacial score (nSPS) is 23.2. The van der Waals surface area contributed by atoms with Crippen molar-refractivity contribution in [3.63, 3.8) is 0 Å². The number of benzene rings is 1. The standard InChI is InChI=1S/C21H24F3N5O3/c1-9-17-19(29(3)18(10(2)31-4)20(30)27-17)28-21(25-9)26-11-5-12(6-11)32-13-7-14(22)16(24)15(23)8-13/h7-8,10-12,18H,5-6H2,1-4H3,(H,27,30)(H,25,26,28)/t10-,11-,12-,18+/m1/s1. The largest absolute Gasteiger partial charge is 0.490 e. The molecule has 1 aromatic heterocycles. The lowest BCUT2D eigenvalue weighted by Crippen LogP contribution is -2.53. The van der Waals surface area contributed by atoms with Crippen LogP contribution in [-0.4, -0.2) is 54.3 Å². The maximum atomic E-state index is 13.3. The molecule has 32 heavy (non-hydrogen) atoms. The summed E-state index contributed by atoms with van der Waals surface area (Å²) < 4.78 is 50.6. The fourth-order valence-electron chi connectivity index (χ4n) is 3.94. The number of halogens is 3. The van der Waals surface area contributed by atoms with Gasteiger partial charge in [-0.2, -0.15) is 4.98 Å². The van der Waals surface area contributed by atoms with Crippen molar-refractivity contribution in [1.29, 1.82) is 0 Å². The number of aryl methyl sites for hydroxylation is 1. The SMILES string of the molecule is CO[C@H](C)[C@H]1C(=O)Nc2c(C)nc(N[C@H]3C[C@H](Oc4cc(F)c(F)c(F)c4)C3)nc2N1C. The van der Waals surface area contributed by atoms with Gasteiger partial charge in [-0.1, -0.05) is 0 Å². The smallest absolute Gasteiger partial charge is 0.249 e. The number of carbonyl (C=O) groups is 1. The summed E-state index contributed by atoms with van der Waals surface area (Å²) in [5, 5.41) is 6.08. The Morgan fingerprint density at radius 1 is 1.22 bits per heavy atom. The van der Waals surface area contributed by atoms with Crippen LogP contribution in [0.4, 0.5) is 30.6 Å². The minimum atomic E-state index is -1.52. The van der Waals surface area contributed by atoms with Crippen LogP contribution < -0.4 is 20.3 Å². The molecule has 1 fully saturated rings. The minimum absolute atomic E-state index is 0.00947. The zero-order valence-corrected chi connectivity index (χ0v) is 18.1. The molecule has 0 unspecified atom stereocenters. The summed E-state index contributed by atoms with van der Waals surface area (Å²) in [6.07, 6.45) is 0.487. The molecular formula is C21H24F3N5O3. The summed E-state index contributed by atoms with van der Waals surface area (Å²) in [6.45, 7) is 3.59. The fraction of sp³-hybridized carbons (Fsp3) is 0.476. The van der Waals surface area contributed by atoms with E-state index in [1.165, 1.54) is 0 Å². The molecular weight excluding hydrogens is 427 g/mol. The van der Waals surface area contributed by atoms with Gasteiger partial charge in [0.25, 0.3) is 0 Å². The Labute approximate surface area is 183 Å². The van der Waals surface area contributed by atoms with Crippen LogP contribution in [0.25, 0.3) is 0 Å². The molecule has 0 saturated heterocycles. The number of hydrogen-bond acceptors (Lipinski definition) is 7. The van der Waals surface area contributed by atoms with Crippen LogP contribution in [0, 0.1) is 24.4 Å². The fourth-order valence-corrected chi connectivity index (χ4v) is 3.94. The highest BCUT2D eigenvalue weighted by Gasteiger charge is 2.38. The van der Waals surface area contributed by atoms with Gasteiger partial charge in [0.15, 0.2) is 23.3 Å². The molecule has 2 heterocycles. The summed E-state index contributed by atoms with van der Waals surface area (Å²) in [4.78, 5) is 23.3. The van der Waals surface area contributed by atoms with E-state index in [4.69, 9.17) is 9.47 Å². The molecule has 2 aromatic rings. The van der Waals surface area contributed by atoms with Crippen LogP contribution in [0.3, 0.4) is 0 Å². The predicted octanol–water partition coefficient (Wildman–Crippen LogP) is 3.02. The average Bonchev–Trinajstić information content (AvgIpc) is 2.71. The highest BCUT2D eigenvalue weighted by Crippen LogP contribution is 2.35. The summed E-state index contributed by atoms with van der Waals surface area (Å²) in [7, 11) is 3.32. The van der Waals surface area contributed by atoms with E-state index in [0.29, 0.717) is 36.0 Å². The van der Waals surface area contributed by atoms with Crippen LogP contribution in [0.2, 0.25) is 0 Å². The molecule has 1 saturated carbocycles. The van der Waals surface area contributed by atoms with Crippen molar-refractivity contribution in [2.24, 2.45) is 0 Å². The number of carbonyl (C=O) groups excluding carboxylic acids is 1. The highest BCUT2D eigenvalue weighted by molar-refractivity contribution is 6.03.